The Morgan fingerprint density at radius 1 is 1.44 bits per heavy atom. The molecular formula is C13H18N4O. The molecule has 0 saturated heterocycles. The standard InChI is InChI=1S/C13H18N4O/c1-3-4-6-18-7-5-14-12-8-11(2)9-13-15-10-16-17(12)13/h3,8-10,14H,1,4-7H2,2H3. The Labute approximate surface area is 106 Å². The fourth-order valence-electron chi connectivity index (χ4n) is 1.70. The van der Waals surface area contributed by atoms with Crippen molar-refractivity contribution in [2.45, 2.75) is 13.3 Å². The number of nitrogens with one attached hydrogen (secondary N) is 1. The van der Waals surface area contributed by atoms with E-state index in [4.69, 9.17) is 4.74 Å². The Balaban J connectivity index is 1.90. The van der Waals surface area contributed by atoms with E-state index < -0.39 is 0 Å². The minimum absolute atomic E-state index is 0.665. The Morgan fingerprint density at radius 3 is 3.17 bits per heavy atom. The number of hydrogen-bond acceptors (Lipinski definition) is 4. The molecular weight excluding hydrogens is 228 g/mol. The average molecular weight is 246 g/mol. The van der Waals surface area contributed by atoms with Crippen molar-refractivity contribution in [1.82, 2.24) is 14.6 Å². The highest BCUT2D eigenvalue weighted by molar-refractivity contribution is 5.51. The van der Waals surface area contributed by atoms with Gasteiger partial charge in [0.2, 0.25) is 0 Å². The van der Waals surface area contributed by atoms with Crippen LogP contribution in [0.2, 0.25) is 0 Å². The first-order valence-corrected chi connectivity index (χ1v) is 6.04. The van der Waals surface area contributed by atoms with Gasteiger partial charge in [-0.3, -0.25) is 0 Å². The summed E-state index contributed by atoms with van der Waals surface area (Å²) >= 11 is 0. The fourth-order valence-corrected chi connectivity index (χ4v) is 1.70. The number of ether oxygens (including phenoxy) is 1. The third-order valence-corrected chi connectivity index (χ3v) is 2.54. The van der Waals surface area contributed by atoms with E-state index in [9.17, 15) is 0 Å². The molecule has 0 aliphatic rings. The van der Waals surface area contributed by atoms with Gasteiger partial charge < -0.3 is 10.1 Å². The van der Waals surface area contributed by atoms with E-state index in [2.05, 4.69) is 22.0 Å². The highest BCUT2D eigenvalue weighted by atomic mass is 16.5. The molecule has 0 spiro atoms. The van der Waals surface area contributed by atoms with Crippen molar-refractivity contribution in [2.24, 2.45) is 0 Å². The van der Waals surface area contributed by atoms with Crippen LogP contribution >= 0.6 is 0 Å². The van der Waals surface area contributed by atoms with Gasteiger partial charge in [0.05, 0.1) is 13.2 Å². The second kappa shape index (κ2) is 6.16. The zero-order valence-corrected chi connectivity index (χ0v) is 10.6. The molecule has 2 rings (SSSR count). The Kier molecular flexibility index (Phi) is 4.30. The molecule has 1 N–H and O–H groups in total. The highest BCUT2D eigenvalue weighted by Crippen LogP contribution is 2.12. The lowest BCUT2D eigenvalue weighted by molar-refractivity contribution is 0.149. The Hall–Kier alpha value is -1.88. The van der Waals surface area contributed by atoms with Crippen LogP contribution in [0.5, 0.6) is 0 Å². The molecule has 0 aliphatic heterocycles. The van der Waals surface area contributed by atoms with Crippen LogP contribution < -0.4 is 5.32 Å². The van der Waals surface area contributed by atoms with Gasteiger partial charge in [0.1, 0.15) is 12.1 Å². The minimum atomic E-state index is 0.665. The van der Waals surface area contributed by atoms with Crippen molar-refractivity contribution < 1.29 is 4.74 Å². The quantitative estimate of drug-likeness (QED) is 0.600. The van der Waals surface area contributed by atoms with Crippen molar-refractivity contribution in [2.75, 3.05) is 25.1 Å². The van der Waals surface area contributed by atoms with Gasteiger partial charge in [-0.05, 0) is 31.0 Å². The molecule has 0 saturated carbocycles. The van der Waals surface area contributed by atoms with Gasteiger partial charge in [0, 0.05) is 6.54 Å². The van der Waals surface area contributed by atoms with Gasteiger partial charge in [-0.25, -0.2) is 4.98 Å². The molecule has 2 heterocycles. The summed E-state index contributed by atoms with van der Waals surface area (Å²) in [6.45, 7) is 7.82. The molecule has 5 heteroatoms. The summed E-state index contributed by atoms with van der Waals surface area (Å²) in [5.74, 6) is 0.940. The monoisotopic (exact) mass is 246 g/mol. The summed E-state index contributed by atoms with van der Waals surface area (Å²) in [5, 5.41) is 7.48. The molecule has 0 aromatic carbocycles. The first-order chi connectivity index (χ1) is 8.81. The van der Waals surface area contributed by atoms with Crippen LogP contribution in [0.4, 0.5) is 5.82 Å². The molecule has 0 amide bonds. The molecule has 0 aliphatic carbocycles. The van der Waals surface area contributed by atoms with Crippen molar-refractivity contribution in [3.8, 4) is 0 Å². The molecule has 0 fully saturated rings. The maximum Gasteiger partial charge on any atom is 0.157 e. The summed E-state index contributed by atoms with van der Waals surface area (Å²) in [6.07, 6.45) is 4.30. The molecule has 0 unspecified atom stereocenters. The van der Waals surface area contributed by atoms with Crippen molar-refractivity contribution in [3.05, 3.63) is 36.7 Å². The van der Waals surface area contributed by atoms with E-state index in [0.29, 0.717) is 6.61 Å². The van der Waals surface area contributed by atoms with E-state index in [-0.39, 0.29) is 0 Å². The van der Waals surface area contributed by atoms with Crippen LogP contribution in [0.3, 0.4) is 0 Å². The largest absolute Gasteiger partial charge is 0.379 e. The summed E-state index contributed by atoms with van der Waals surface area (Å²) in [6, 6.07) is 4.05. The van der Waals surface area contributed by atoms with Crippen LogP contribution in [-0.4, -0.2) is 34.4 Å². The smallest absolute Gasteiger partial charge is 0.157 e. The van der Waals surface area contributed by atoms with Crippen molar-refractivity contribution >= 4 is 11.5 Å². The second-order valence-corrected chi connectivity index (χ2v) is 4.06. The van der Waals surface area contributed by atoms with Crippen LogP contribution in [-0.2, 0) is 4.74 Å². The number of pyridine rings is 1. The maximum atomic E-state index is 5.44. The SMILES string of the molecule is C=CCCOCCNc1cc(C)cc2ncnn12. The van der Waals surface area contributed by atoms with E-state index in [0.717, 1.165) is 36.6 Å². The number of rotatable bonds is 7. The highest BCUT2D eigenvalue weighted by Gasteiger charge is 2.02. The van der Waals surface area contributed by atoms with Crippen LogP contribution in [0, 0.1) is 6.92 Å². The number of nitrogens with zero attached hydrogens (tertiary/aromatic N) is 3. The van der Waals surface area contributed by atoms with Gasteiger partial charge in [0.25, 0.3) is 0 Å². The van der Waals surface area contributed by atoms with Crippen LogP contribution in [0.15, 0.2) is 31.1 Å². The third-order valence-electron chi connectivity index (χ3n) is 2.54. The predicted molar refractivity (Wildman–Crippen MR) is 71.8 cm³/mol. The number of fused-ring (bicyclic) bond motifs is 1. The summed E-state index contributed by atoms with van der Waals surface area (Å²) in [7, 11) is 0. The van der Waals surface area contributed by atoms with Gasteiger partial charge in [-0.1, -0.05) is 6.08 Å². The Bertz CT molecular complexity index is 521. The van der Waals surface area contributed by atoms with Crippen LogP contribution in [0.1, 0.15) is 12.0 Å². The third kappa shape index (κ3) is 3.07. The maximum absolute atomic E-state index is 5.44. The molecule has 0 bridgehead atoms. The number of hydrogen-bond donors (Lipinski definition) is 1. The molecule has 2 aromatic heterocycles. The van der Waals surface area contributed by atoms with E-state index in [1.165, 1.54) is 0 Å². The van der Waals surface area contributed by atoms with Gasteiger partial charge in [0.15, 0.2) is 5.65 Å². The zero-order chi connectivity index (χ0) is 12.8. The number of aryl methyl sites for hydroxylation is 1. The zero-order valence-electron chi connectivity index (χ0n) is 10.6. The Morgan fingerprint density at radius 2 is 2.33 bits per heavy atom. The van der Waals surface area contributed by atoms with Crippen molar-refractivity contribution in [3.63, 3.8) is 0 Å². The first kappa shape index (κ1) is 12.6. The van der Waals surface area contributed by atoms with Gasteiger partial charge >= 0.3 is 0 Å². The molecule has 2 aromatic rings. The lowest BCUT2D eigenvalue weighted by Crippen LogP contribution is -2.12. The summed E-state index contributed by atoms with van der Waals surface area (Å²) in [5.41, 5.74) is 2.01. The van der Waals surface area contributed by atoms with Gasteiger partial charge in [-0.2, -0.15) is 9.61 Å². The molecule has 0 radical (unpaired) electrons. The molecule has 5 nitrogen and oxygen atoms in total. The topological polar surface area (TPSA) is 51.5 Å². The summed E-state index contributed by atoms with van der Waals surface area (Å²) in [4.78, 5) is 4.18. The number of aromatic nitrogens is 3. The average Bonchev–Trinajstić information content (AvgIpc) is 2.81. The first-order valence-electron chi connectivity index (χ1n) is 6.04. The van der Waals surface area contributed by atoms with E-state index in [1.807, 2.05) is 25.1 Å². The lowest BCUT2D eigenvalue weighted by atomic mass is 10.3. The predicted octanol–water partition coefficient (Wildman–Crippen LogP) is 2.04. The van der Waals surface area contributed by atoms with E-state index >= 15 is 0 Å². The van der Waals surface area contributed by atoms with Gasteiger partial charge in [-0.15, -0.1) is 6.58 Å². The van der Waals surface area contributed by atoms with Crippen molar-refractivity contribution in [1.29, 1.82) is 0 Å². The molecule has 96 valence electrons. The normalized spacial score (nSPS) is 10.7. The van der Waals surface area contributed by atoms with E-state index in [1.54, 1.807) is 10.8 Å². The molecule has 0 atom stereocenters. The summed E-state index contributed by atoms with van der Waals surface area (Å²) < 4.78 is 7.23. The van der Waals surface area contributed by atoms with Crippen LogP contribution in [0.25, 0.3) is 5.65 Å². The minimum Gasteiger partial charge on any atom is -0.379 e. The second-order valence-electron chi connectivity index (χ2n) is 4.06. The lowest BCUT2D eigenvalue weighted by Gasteiger charge is -2.09. The fraction of sp³-hybridized carbons (Fsp3) is 0.385. The number of anilines is 1. The molecule has 18 heavy (non-hydrogen) atoms.